The third-order valence-electron chi connectivity index (χ3n) is 6.83. The zero-order valence-corrected chi connectivity index (χ0v) is 22.8. The Bertz CT molecular complexity index is 1150. The predicted molar refractivity (Wildman–Crippen MR) is 144 cm³/mol. The summed E-state index contributed by atoms with van der Waals surface area (Å²) < 4.78 is 39.7. The zero-order valence-electron chi connectivity index (χ0n) is 22.0. The van der Waals surface area contributed by atoms with Crippen LogP contribution in [0.1, 0.15) is 63.0 Å². The van der Waals surface area contributed by atoms with E-state index in [1.165, 1.54) is 16.4 Å². The first kappa shape index (κ1) is 28.6. The smallest absolute Gasteiger partial charge is 0.243 e. The van der Waals surface area contributed by atoms with Gasteiger partial charge in [0.15, 0.2) is 0 Å². The number of rotatable bonds is 12. The molecule has 3 rings (SSSR count). The predicted octanol–water partition coefficient (Wildman–Crippen LogP) is 4.55. The molecule has 1 N–H and O–H groups in total. The van der Waals surface area contributed by atoms with Gasteiger partial charge in [-0.3, -0.25) is 13.9 Å². The summed E-state index contributed by atoms with van der Waals surface area (Å²) in [5.74, 6) is -0.790. The average molecular weight is 532 g/mol. The molecule has 2 amide bonds. The third kappa shape index (κ3) is 8.28. The van der Waals surface area contributed by atoms with Gasteiger partial charge in [0.25, 0.3) is 0 Å². The van der Waals surface area contributed by atoms with E-state index < -0.39 is 16.1 Å². The maximum atomic E-state index is 13.5. The number of halogens is 1. The van der Waals surface area contributed by atoms with Crippen LogP contribution in [0.3, 0.4) is 0 Å². The van der Waals surface area contributed by atoms with Gasteiger partial charge in [-0.1, -0.05) is 49.6 Å². The lowest BCUT2D eigenvalue weighted by Crippen LogP contribution is -2.51. The minimum Gasteiger partial charge on any atom is -0.352 e. The van der Waals surface area contributed by atoms with Gasteiger partial charge < -0.3 is 10.2 Å². The molecule has 1 aliphatic carbocycles. The molecular weight excluding hydrogens is 493 g/mol. The van der Waals surface area contributed by atoms with Gasteiger partial charge in [-0.25, -0.2) is 12.8 Å². The van der Waals surface area contributed by atoms with Gasteiger partial charge in [0, 0.05) is 25.6 Å². The topological polar surface area (TPSA) is 86.8 Å². The maximum absolute atomic E-state index is 13.5. The molecule has 9 heteroatoms. The number of hydrogen-bond donors (Lipinski definition) is 1. The summed E-state index contributed by atoms with van der Waals surface area (Å²) in [6.07, 6.45) is 5.99. The highest BCUT2D eigenvalue weighted by Gasteiger charge is 2.30. The molecule has 2 aromatic rings. The Labute approximate surface area is 220 Å². The van der Waals surface area contributed by atoms with Gasteiger partial charge >= 0.3 is 0 Å². The second-order valence-corrected chi connectivity index (χ2v) is 11.7. The van der Waals surface area contributed by atoms with Gasteiger partial charge in [0.1, 0.15) is 11.9 Å². The Kier molecular flexibility index (Phi) is 10.1. The normalized spacial score (nSPS) is 14.8. The number of sulfonamides is 1. The number of aryl methyl sites for hydroxylation is 1. The molecule has 0 bridgehead atoms. The largest absolute Gasteiger partial charge is 0.352 e. The van der Waals surface area contributed by atoms with Crippen molar-refractivity contribution >= 4 is 27.5 Å². The van der Waals surface area contributed by atoms with Crippen molar-refractivity contribution in [3.05, 3.63) is 65.5 Å². The molecule has 1 fully saturated rings. The number of nitrogens with zero attached hydrogens (tertiary/aromatic N) is 2. The first-order valence-corrected chi connectivity index (χ1v) is 14.8. The van der Waals surface area contributed by atoms with Crippen molar-refractivity contribution in [3.63, 3.8) is 0 Å². The Morgan fingerprint density at radius 3 is 2.24 bits per heavy atom. The van der Waals surface area contributed by atoms with E-state index in [2.05, 4.69) is 5.32 Å². The monoisotopic (exact) mass is 531 g/mol. The van der Waals surface area contributed by atoms with E-state index in [0.717, 1.165) is 43.1 Å². The summed E-state index contributed by atoms with van der Waals surface area (Å²) in [7, 11) is -3.54. The molecular formula is C28H38FN3O4S. The van der Waals surface area contributed by atoms with E-state index in [4.69, 9.17) is 0 Å². The van der Waals surface area contributed by atoms with Gasteiger partial charge in [0.05, 0.1) is 11.9 Å². The van der Waals surface area contributed by atoms with Crippen LogP contribution in [0.15, 0.2) is 48.5 Å². The molecule has 0 saturated heterocycles. The van der Waals surface area contributed by atoms with Crippen molar-refractivity contribution in [2.24, 2.45) is 0 Å². The maximum Gasteiger partial charge on any atom is 0.243 e. The lowest BCUT2D eigenvalue weighted by Gasteiger charge is -2.32. The highest BCUT2D eigenvalue weighted by Crippen LogP contribution is 2.22. The Balaban J connectivity index is 1.74. The average Bonchev–Trinajstić information content (AvgIpc) is 3.36. The van der Waals surface area contributed by atoms with Crippen LogP contribution in [0.25, 0.3) is 0 Å². The molecule has 1 aliphatic rings. The van der Waals surface area contributed by atoms with Crippen LogP contribution in [0.5, 0.6) is 0 Å². The van der Waals surface area contributed by atoms with Crippen molar-refractivity contribution in [3.8, 4) is 0 Å². The first-order valence-electron chi connectivity index (χ1n) is 13.0. The number of hydrogen-bond acceptors (Lipinski definition) is 4. The number of benzene rings is 2. The summed E-state index contributed by atoms with van der Waals surface area (Å²) in [5, 5.41) is 3.10. The van der Waals surface area contributed by atoms with Crippen LogP contribution >= 0.6 is 0 Å². The Morgan fingerprint density at radius 2 is 1.68 bits per heavy atom. The van der Waals surface area contributed by atoms with E-state index in [9.17, 15) is 22.4 Å². The second kappa shape index (κ2) is 13.0. The molecule has 202 valence electrons. The molecule has 37 heavy (non-hydrogen) atoms. The quantitative estimate of drug-likeness (QED) is 0.436. The molecule has 0 aliphatic heterocycles. The van der Waals surface area contributed by atoms with E-state index >= 15 is 0 Å². The lowest BCUT2D eigenvalue weighted by atomic mass is 10.1. The van der Waals surface area contributed by atoms with Crippen LogP contribution < -0.4 is 9.62 Å². The van der Waals surface area contributed by atoms with Crippen molar-refractivity contribution in [1.29, 1.82) is 0 Å². The molecule has 0 radical (unpaired) electrons. The van der Waals surface area contributed by atoms with Crippen LogP contribution in [0, 0.1) is 12.7 Å². The highest BCUT2D eigenvalue weighted by atomic mass is 32.2. The highest BCUT2D eigenvalue weighted by molar-refractivity contribution is 7.92. The molecule has 0 aromatic heterocycles. The molecule has 0 unspecified atom stereocenters. The van der Waals surface area contributed by atoms with E-state index in [-0.39, 0.29) is 43.2 Å². The summed E-state index contributed by atoms with van der Waals surface area (Å²) in [6.45, 7) is 4.11. The van der Waals surface area contributed by atoms with Gasteiger partial charge in [-0.15, -0.1) is 0 Å². The van der Waals surface area contributed by atoms with Gasteiger partial charge in [-0.2, -0.15) is 0 Å². The molecule has 1 saturated carbocycles. The van der Waals surface area contributed by atoms with Crippen LogP contribution in [0.4, 0.5) is 10.1 Å². The van der Waals surface area contributed by atoms with Crippen LogP contribution in [-0.4, -0.2) is 50.0 Å². The third-order valence-corrected chi connectivity index (χ3v) is 8.02. The Morgan fingerprint density at radius 1 is 1.05 bits per heavy atom. The van der Waals surface area contributed by atoms with Gasteiger partial charge in [0.2, 0.25) is 21.8 Å². The van der Waals surface area contributed by atoms with E-state index in [0.29, 0.717) is 18.5 Å². The minimum absolute atomic E-state index is 0.0757. The number of carbonyl (C=O) groups is 2. The van der Waals surface area contributed by atoms with E-state index in [1.807, 2.05) is 26.0 Å². The summed E-state index contributed by atoms with van der Waals surface area (Å²) in [4.78, 5) is 28.2. The van der Waals surface area contributed by atoms with Crippen LogP contribution in [-0.2, 0) is 26.2 Å². The first-order chi connectivity index (χ1) is 17.6. The molecule has 2 aromatic carbocycles. The standard InChI is InChI=1S/C28H38FN3O4S/c1-4-26(28(34)30-24-8-5-6-9-24)31(20-22-13-15-23(29)16-14-22)27(33)10-7-19-32(37(3,35)36)25-17-11-21(2)12-18-25/h11-18,24,26H,4-10,19-20H2,1-3H3,(H,30,34)/t26-/m1/s1. The van der Waals surface area contributed by atoms with Gasteiger partial charge in [-0.05, 0) is 62.4 Å². The summed E-state index contributed by atoms with van der Waals surface area (Å²) >= 11 is 0. The molecule has 0 spiro atoms. The van der Waals surface area contributed by atoms with Crippen molar-refractivity contribution < 1.29 is 22.4 Å². The number of anilines is 1. The fraction of sp³-hybridized carbons (Fsp3) is 0.500. The Hall–Kier alpha value is -2.94. The van der Waals surface area contributed by atoms with Crippen molar-refractivity contribution in [1.82, 2.24) is 10.2 Å². The minimum atomic E-state index is -3.54. The zero-order chi connectivity index (χ0) is 27.0. The number of carbonyl (C=O) groups excluding carboxylic acids is 2. The second-order valence-electron chi connectivity index (χ2n) is 9.84. The molecule has 1 atom stereocenters. The fourth-order valence-electron chi connectivity index (χ4n) is 4.79. The SMILES string of the molecule is CC[C@H](C(=O)NC1CCCC1)N(Cc1ccc(F)cc1)C(=O)CCCN(c1ccc(C)cc1)S(C)(=O)=O. The summed E-state index contributed by atoms with van der Waals surface area (Å²) in [5.41, 5.74) is 2.29. The number of amides is 2. The van der Waals surface area contributed by atoms with Crippen molar-refractivity contribution in [2.45, 2.75) is 77.4 Å². The molecule has 0 heterocycles. The lowest BCUT2D eigenvalue weighted by molar-refractivity contribution is -0.141. The molecule has 7 nitrogen and oxygen atoms in total. The summed E-state index contributed by atoms with van der Waals surface area (Å²) in [6, 6.07) is 12.5. The van der Waals surface area contributed by atoms with Crippen LogP contribution in [0.2, 0.25) is 0 Å². The fourth-order valence-corrected chi connectivity index (χ4v) is 5.75. The number of nitrogens with one attached hydrogen (secondary N) is 1. The van der Waals surface area contributed by atoms with E-state index in [1.54, 1.807) is 29.2 Å². The van der Waals surface area contributed by atoms with Crippen molar-refractivity contribution in [2.75, 3.05) is 17.1 Å².